The number of carboxylic acid groups (broad SMARTS) is 1. The molecule has 0 N–H and O–H groups in total. The van der Waals surface area contributed by atoms with Gasteiger partial charge >= 0.3 is 11.9 Å². The summed E-state index contributed by atoms with van der Waals surface area (Å²) in [4.78, 5) is 37.5. The molecule has 0 aromatic rings. The van der Waals surface area contributed by atoms with E-state index in [-0.39, 0.29) is 38.6 Å². The van der Waals surface area contributed by atoms with E-state index in [0.29, 0.717) is 17.4 Å². The molecule has 0 bridgehead atoms. The van der Waals surface area contributed by atoms with Gasteiger partial charge in [-0.1, -0.05) is 268 Å². The minimum absolute atomic E-state index is 0.137. The van der Waals surface area contributed by atoms with Crippen LogP contribution in [0.4, 0.5) is 0 Å². The molecule has 0 spiro atoms. The van der Waals surface area contributed by atoms with Crippen LogP contribution in [0.2, 0.25) is 0 Å². The third-order valence-electron chi connectivity index (χ3n) is 13.8. The number of carbonyl (C=O) groups excluding carboxylic acids is 3. The number of quaternary nitrogens is 1. The van der Waals surface area contributed by atoms with Crippen LogP contribution in [-0.4, -0.2) is 82.3 Å². The third kappa shape index (κ3) is 66.3. The van der Waals surface area contributed by atoms with Gasteiger partial charge in [0.05, 0.1) is 40.3 Å². The van der Waals surface area contributed by atoms with Crippen molar-refractivity contribution in [2.24, 2.45) is 0 Å². The Morgan fingerprint density at radius 3 is 0.941 bits per heavy atom. The Bertz CT molecular complexity index is 1950. The molecule has 85 heavy (non-hydrogen) atoms. The maximum atomic E-state index is 12.9. The average Bonchev–Trinajstić information content (AvgIpc) is 3.49. The molecule has 0 rings (SSSR count). The second-order valence-electron chi connectivity index (χ2n) is 23.0. The summed E-state index contributed by atoms with van der Waals surface area (Å²) in [5.41, 5.74) is 0. The number of ether oxygens (including phenoxy) is 4. The van der Waals surface area contributed by atoms with Gasteiger partial charge in [-0.05, 0) is 122 Å². The van der Waals surface area contributed by atoms with E-state index in [4.69, 9.17) is 18.9 Å². The smallest absolute Gasteiger partial charge is 0.306 e. The lowest BCUT2D eigenvalue weighted by Crippen LogP contribution is -2.44. The SMILES string of the molecule is CC/C=C\C/C=C\C/C=C\C/C=C\C/C=C\C/C=C\C/C=C\CCCCCCCCCCCCCC(=O)OC(COC(=O)CCCCCCCCCC/C=C\C/C=C\C/C=C\C/C=C\C/C=C\C/C=C\CC)COC(OCC[N+](C)(C)C)C(=O)[O-]. The molecule has 0 fully saturated rings. The molecule has 0 aromatic heterocycles. The maximum absolute atomic E-state index is 12.9. The monoisotopic (exact) mass is 1180 g/mol. The molecule has 0 amide bonds. The predicted octanol–water partition coefficient (Wildman–Crippen LogP) is 19.6. The van der Waals surface area contributed by atoms with Crippen LogP contribution in [0, 0.1) is 0 Å². The molecule has 9 heteroatoms. The van der Waals surface area contributed by atoms with Gasteiger partial charge in [0.2, 0.25) is 0 Å². The lowest BCUT2D eigenvalue weighted by atomic mass is 10.0. The number of hydrogen-bond donors (Lipinski definition) is 0. The van der Waals surface area contributed by atoms with Crippen molar-refractivity contribution in [2.75, 3.05) is 47.5 Å². The Labute approximate surface area is 521 Å². The molecular formula is C76H123NO8. The number of rotatable bonds is 60. The molecule has 2 unspecified atom stereocenters. The largest absolute Gasteiger partial charge is 0.545 e. The summed E-state index contributed by atoms with van der Waals surface area (Å²) < 4.78 is 22.8. The van der Waals surface area contributed by atoms with Gasteiger partial charge in [0.25, 0.3) is 0 Å². The van der Waals surface area contributed by atoms with E-state index in [1.54, 1.807) is 0 Å². The molecule has 0 aromatic carbocycles. The van der Waals surface area contributed by atoms with Crippen molar-refractivity contribution in [3.05, 3.63) is 158 Å². The molecule has 0 saturated carbocycles. The highest BCUT2D eigenvalue weighted by Gasteiger charge is 2.22. The van der Waals surface area contributed by atoms with Gasteiger partial charge in [-0.25, -0.2) is 0 Å². The van der Waals surface area contributed by atoms with Crippen LogP contribution in [0.25, 0.3) is 0 Å². The molecule has 9 nitrogen and oxygen atoms in total. The first-order valence-corrected chi connectivity index (χ1v) is 33.6. The van der Waals surface area contributed by atoms with E-state index in [0.717, 1.165) is 141 Å². The Hall–Kier alpha value is -5.09. The van der Waals surface area contributed by atoms with E-state index in [2.05, 4.69) is 172 Å². The van der Waals surface area contributed by atoms with Crippen molar-refractivity contribution < 1.29 is 42.9 Å². The maximum Gasteiger partial charge on any atom is 0.306 e. The van der Waals surface area contributed by atoms with E-state index >= 15 is 0 Å². The first-order valence-electron chi connectivity index (χ1n) is 33.6. The summed E-state index contributed by atoms with van der Waals surface area (Å²) in [5.74, 6) is -2.31. The van der Waals surface area contributed by atoms with Crippen molar-refractivity contribution >= 4 is 17.9 Å². The number of allylic oxidation sites excluding steroid dienone is 26. The van der Waals surface area contributed by atoms with Gasteiger partial charge in [-0.2, -0.15) is 0 Å². The van der Waals surface area contributed by atoms with Crippen molar-refractivity contribution in [1.82, 2.24) is 0 Å². The number of aliphatic carboxylic acids is 1. The second kappa shape index (κ2) is 64.9. The number of unbranched alkanes of at least 4 members (excludes halogenated alkanes) is 19. The van der Waals surface area contributed by atoms with Crippen molar-refractivity contribution in [2.45, 2.75) is 257 Å². The Morgan fingerprint density at radius 2 is 0.635 bits per heavy atom. The fourth-order valence-corrected chi connectivity index (χ4v) is 8.70. The second-order valence-corrected chi connectivity index (χ2v) is 23.0. The normalized spacial score (nSPS) is 13.8. The first kappa shape index (κ1) is 79.9. The summed E-state index contributed by atoms with van der Waals surface area (Å²) in [6, 6.07) is 0. The zero-order chi connectivity index (χ0) is 61.9. The quantitative estimate of drug-likeness (QED) is 0.0195. The fourth-order valence-electron chi connectivity index (χ4n) is 8.70. The Kier molecular flexibility index (Phi) is 61.0. The molecule has 0 saturated heterocycles. The average molecular weight is 1180 g/mol. The molecule has 480 valence electrons. The molecule has 0 aliphatic rings. The van der Waals surface area contributed by atoms with Gasteiger partial charge < -0.3 is 33.3 Å². The lowest BCUT2D eigenvalue weighted by Gasteiger charge is -2.26. The highest BCUT2D eigenvalue weighted by molar-refractivity contribution is 5.70. The van der Waals surface area contributed by atoms with E-state index in [1.165, 1.54) is 70.6 Å². The number of carbonyl (C=O) groups is 3. The predicted molar refractivity (Wildman–Crippen MR) is 361 cm³/mol. The minimum Gasteiger partial charge on any atom is -0.545 e. The fraction of sp³-hybridized carbons (Fsp3) is 0.618. The number of hydrogen-bond acceptors (Lipinski definition) is 8. The Morgan fingerprint density at radius 1 is 0.353 bits per heavy atom. The molecule has 0 aliphatic carbocycles. The van der Waals surface area contributed by atoms with E-state index in [1.807, 2.05) is 21.1 Å². The third-order valence-corrected chi connectivity index (χ3v) is 13.8. The van der Waals surface area contributed by atoms with Gasteiger partial charge in [0, 0.05) is 12.8 Å². The molecule has 0 aliphatic heterocycles. The topological polar surface area (TPSA) is 111 Å². The van der Waals surface area contributed by atoms with Crippen LogP contribution >= 0.6 is 0 Å². The van der Waals surface area contributed by atoms with Crippen LogP contribution < -0.4 is 5.11 Å². The van der Waals surface area contributed by atoms with Gasteiger partial charge in [0.15, 0.2) is 12.4 Å². The van der Waals surface area contributed by atoms with Crippen molar-refractivity contribution in [3.8, 4) is 0 Å². The minimum atomic E-state index is -1.64. The molecule has 2 atom stereocenters. The summed E-state index contributed by atoms with van der Waals surface area (Å²) in [6.45, 7) is 4.50. The summed E-state index contributed by atoms with van der Waals surface area (Å²) in [7, 11) is 5.91. The van der Waals surface area contributed by atoms with Crippen LogP contribution in [0.1, 0.15) is 245 Å². The standard InChI is InChI=1S/C76H123NO8/c1-6-8-10-12-14-16-18-20-22-24-26-28-30-32-34-35-36-37-38-39-41-43-45-47-49-51-53-55-57-59-61-63-65-67-74(79)85-72(71-84-76(75(80)81)82-69-68-77(3,4)5)70-83-73(78)66-64-62-60-58-56-54-52-50-48-46-44-42-40-33-31-29-27-25-23-21-19-17-15-13-11-9-7-2/h8-11,14-17,20-23,26-29,32-34,36-37,39-41,44,46,72,76H,6-7,12-13,18-19,24-25,30-31,35,38,42-43,45,47-71H2,1-5H3/b10-8-,11-9-,16-14-,17-15-,22-20-,23-21-,28-26-,29-27-,34-32-,37-36-,40-33-,41-39-,46-44-. The Balaban J connectivity index is 4.22. The van der Waals surface area contributed by atoms with Crippen LogP contribution in [0.15, 0.2) is 158 Å². The number of carboxylic acids is 1. The highest BCUT2D eigenvalue weighted by atomic mass is 16.7. The molecule has 0 heterocycles. The summed E-state index contributed by atoms with van der Waals surface area (Å²) >= 11 is 0. The number of esters is 2. The van der Waals surface area contributed by atoms with Crippen LogP contribution in [0.3, 0.4) is 0 Å². The van der Waals surface area contributed by atoms with Crippen LogP contribution in [-0.2, 0) is 33.3 Å². The highest BCUT2D eigenvalue weighted by Crippen LogP contribution is 2.15. The van der Waals surface area contributed by atoms with Gasteiger partial charge in [-0.15, -0.1) is 0 Å². The summed E-state index contributed by atoms with van der Waals surface area (Å²) in [5, 5.41) is 11.8. The molecular weight excluding hydrogens is 1050 g/mol. The number of nitrogens with zero attached hydrogens (tertiary/aromatic N) is 1. The van der Waals surface area contributed by atoms with Crippen molar-refractivity contribution in [1.29, 1.82) is 0 Å². The molecule has 0 radical (unpaired) electrons. The zero-order valence-corrected chi connectivity index (χ0v) is 54.7. The lowest BCUT2D eigenvalue weighted by molar-refractivity contribution is -0.870. The first-order chi connectivity index (χ1) is 41.6. The zero-order valence-electron chi connectivity index (χ0n) is 54.7. The summed E-state index contributed by atoms with van der Waals surface area (Å²) in [6.07, 6.45) is 93.0. The van der Waals surface area contributed by atoms with Gasteiger partial charge in [-0.3, -0.25) is 9.59 Å². The van der Waals surface area contributed by atoms with Crippen molar-refractivity contribution in [3.63, 3.8) is 0 Å². The van der Waals surface area contributed by atoms with E-state index < -0.39 is 24.3 Å². The van der Waals surface area contributed by atoms with E-state index in [9.17, 15) is 19.5 Å². The van der Waals surface area contributed by atoms with Gasteiger partial charge in [0.1, 0.15) is 13.2 Å². The van der Waals surface area contributed by atoms with Crippen LogP contribution in [0.5, 0.6) is 0 Å². The number of likely N-dealkylation sites (N-methyl/N-ethyl adjacent to an activating group) is 1.